The molecule has 8 nitrogen and oxygen atoms in total. The van der Waals surface area contributed by atoms with Crippen LogP contribution in [-0.4, -0.2) is 39.0 Å². The SMILES string of the molecule is COC(=O)c1ccc([C@@H]2C3=C(C[C@H](c4ccc(OC)c(OC)c4)CC3=O)Nc3ccccc3N2C(=O)c2cccs2)cc1. The Hall–Kier alpha value is -4.89. The lowest BCUT2D eigenvalue weighted by Crippen LogP contribution is -2.38. The number of rotatable bonds is 6. The molecule has 1 aliphatic heterocycles. The highest BCUT2D eigenvalue weighted by Gasteiger charge is 2.42. The van der Waals surface area contributed by atoms with Crippen molar-refractivity contribution in [1.82, 2.24) is 0 Å². The monoisotopic (exact) mass is 594 g/mol. The molecule has 1 aromatic heterocycles. The molecular weight excluding hydrogens is 564 g/mol. The van der Waals surface area contributed by atoms with Crippen LogP contribution in [0.25, 0.3) is 0 Å². The summed E-state index contributed by atoms with van der Waals surface area (Å²) in [7, 11) is 4.51. The van der Waals surface area contributed by atoms with E-state index in [2.05, 4.69) is 5.32 Å². The van der Waals surface area contributed by atoms with Gasteiger partial charge in [-0.25, -0.2) is 4.79 Å². The second kappa shape index (κ2) is 11.8. The number of para-hydroxylation sites is 2. The third-order valence-electron chi connectivity index (χ3n) is 7.97. The first-order valence-corrected chi connectivity index (χ1v) is 14.7. The zero-order chi connectivity index (χ0) is 30.1. The number of carbonyl (C=O) groups is 3. The van der Waals surface area contributed by atoms with Crippen LogP contribution in [0.5, 0.6) is 11.5 Å². The van der Waals surface area contributed by atoms with Crippen LogP contribution >= 0.6 is 11.3 Å². The topological polar surface area (TPSA) is 94.2 Å². The minimum absolute atomic E-state index is 0.0626. The van der Waals surface area contributed by atoms with E-state index in [1.54, 1.807) is 49.5 Å². The maximum atomic E-state index is 14.3. The van der Waals surface area contributed by atoms with Crippen molar-refractivity contribution in [3.05, 3.63) is 117 Å². The van der Waals surface area contributed by atoms with Crippen molar-refractivity contribution < 1.29 is 28.6 Å². The van der Waals surface area contributed by atoms with Gasteiger partial charge in [-0.1, -0.05) is 36.4 Å². The van der Waals surface area contributed by atoms with Crippen molar-refractivity contribution >= 4 is 40.4 Å². The summed E-state index contributed by atoms with van der Waals surface area (Å²) in [5.41, 5.74) is 4.73. The molecule has 3 aromatic carbocycles. The Morgan fingerprint density at radius 2 is 1.60 bits per heavy atom. The summed E-state index contributed by atoms with van der Waals surface area (Å²) in [4.78, 5) is 43.0. The van der Waals surface area contributed by atoms with Crippen LogP contribution in [-0.2, 0) is 9.53 Å². The Morgan fingerprint density at radius 3 is 2.30 bits per heavy atom. The van der Waals surface area contributed by atoms with Gasteiger partial charge in [0.2, 0.25) is 0 Å². The minimum Gasteiger partial charge on any atom is -0.493 e. The van der Waals surface area contributed by atoms with Crippen molar-refractivity contribution in [2.24, 2.45) is 0 Å². The first-order chi connectivity index (χ1) is 20.9. The van der Waals surface area contributed by atoms with Crippen molar-refractivity contribution in [3.8, 4) is 11.5 Å². The third-order valence-corrected chi connectivity index (χ3v) is 8.82. The van der Waals surface area contributed by atoms with Crippen molar-refractivity contribution in [1.29, 1.82) is 0 Å². The molecule has 218 valence electrons. The van der Waals surface area contributed by atoms with Gasteiger partial charge in [0.25, 0.3) is 5.91 Å². The number of methoxy groups -OCH3 is 3. The van der Waals surface area contributed by atoms with E-state index in [4.69, 9.17) is 14.2 Å². The summed E-state index contributed by atoms with van der Waals surface area (Å²) < 4.78 is 15.9. The molecule has 1 N–H and O–H groups in total. The number of benzene rings is 3. The maximum Gasteiger partial charge on any atom is 0.337 e. The molecule has 9 heteroatoms. The zero-order valence-electron chi connectivity index (χ0n) is 24.0. The Bertz CT molecular complexity index is 1730. The lowest BCUT2D eigenvalue weighted by atomic mass is 9.78. The second-order valence-electron chi connectivity index (χ2n) is 10.3. The number of allylic oxidation sites excluding steroid dienone is 1. The molecule has 6 rings (SSSR count). The molecular formula is C34H30N2O6S. The fourth-order valence-corrected chi connectivity index (χ4v) is 6.57. The molecule has 1 aliphatic carbocycles. The van der Waals surface area contributed by atoms with Gasteiger partial charge in [0.05, 0.1) is 49.2 Å². The normalized spacial score (nSPS) is 17.7. The largest absolute Gasteiger partial charge is 0.493 e. The van der Waals surface area contributed by atoms with E-state index in [1.165, 1.54) is 18.4 Å². The molecule has 0 bridgehead atoms. The number of ether oxygens (including phenoxy) is 3. The number of hydrogen-bond acceptors (Lipinski definition) is 8. The number of Topliss-reactive ketones (excluding diaryl/α,β-unsaturated/α-hetero) is 1. The number of nitrogens with one attached hydrogen (secondary N) is 1. The van der Waals surface area contributed by atoms with Gasteiger partial charge in [0.15, 0.2) is 17.3 Å². The van der Waals surface area contributed by atoms with E-state index in [-0.39, 0.29) is 24.0 Å². The first kappa shape index (κ1) is 28.2. The highest BCUT2D eigenvalue weighted by atomic mass is 32.1. The predicted octanol–water partition coefficient (Wildman–Crippen LogP) is 6.77. The van der Waals surface area contributed by atoms with Crippen LogP contribution in [0.1, 0.15) is 56.0 Å². The van der Waals surface area contributed by atoms with E-state index in [1.807, 2.05) is 53.9 Å². The molecule has 4 aromatic rings. The summed E-state index contributed by atoms with van der Waals surface area (Å²) in [5, 5.41) is 5.41. The van der Waals surface area contributed by atoms with Gasteiger partial charge in [-0.05, 0) is 71.3 Å². The van der Waals surface area contributed by atoms with Crippen LogP contribution < -0.4 is 19.7 Å². The average molecular weight is 595 g/mol. The van der Waals surface area contributed by atoms with Gasteiger partial charge in [-0.3, -0.25) is 14.5 Å². The van der Waals surface area contributed by atoms with Crippen LogP contribution in [0.2, 0.25) is 0 Å². The number of carbonyl (C=O) groups excluding carboxylic acids is 3. The molecule has 43 heavy (non-hydrogen) atoms. The van der Waals surface area contributed by atoms with E-state index in [9.17, 15) is 14.4 Å². The summed E-state index contributed by atoms with van der Waals surface area (Å²) in [6.07, 6.45) is 0.798. The number of esters is 1. The molecule has 0 unspecified atom stereocenters. The van der Waals surface area contributed by atoms with Crippen LogP contribution in [0.15, 0.2) is 95.5 Å². The molecule has 1 amide bonds. The lowest BCUT2D eigenvalue weighted by molar-refractivity contribution is -0.116. The summed E-state index contributed by atoms with van der Waals surface area (Å²) in [6.45, 7) is 0. The zero-order valence-corrected chi connectivity index (χ0v) is 24.8. The Labute approximate surface area is 253 Å². The molecule has 0 spiro atoms. The van der Waals surface area contributed by atoms with Gasteiger partial charge >= 0.3 is 5.97 Å². The Kier molecular flexibility index (Phi) is 7.73. The smallest absolute Gasteiger partial charge is 0.337 e. The van der Waals surface area contributed by atoms with Gasteiger partial charge in [0.1, 0.15) is 0 Å². The minimum atomic E-state index is -0.730. The summed E-state index contributed by atoms with van der Waals surface area (Å²) in [6, 6.07) is 23.1. The fourth-order valence-electron chi connectivity index (χ4n) is 5.91. The van der Waals surface area contributed by atoms with Crippen molar-refractivity contribution in [2.45, 2.75) is 24.8 Å². The highest BCUT2D eigenvalue weighted by Crippen LogP contribution is 2.48. The van der Waals surface area contributed by atoms with Crippen LogP contribution in [0.3, 0.4) is 0 Å². The predicted molar refractivity (Wildman–Crippen MR) is 165 cm³/mol. The standard InChI is InChI=1S/C34H30N2O6S/c1-40-28-15-14-22(19-29(28)41-2)23-17-25-31(27(37)18-23)32(20-10-12-21(13-11-20)34(39)42-3)36(33(38)30-9-6-16-43-30)26-8-5-4-7-24(26)35-25/h4-16,19,23,32,35H,17-18H2,1-3H3/t23-,32+/m0/s1. The van der Waals surface area contributed by atoms with E-state index in [0.29, 0.717) is 45.2 Å². The maximum absolute atomic E-state index is 14.3. The Balaban J connectivity index is 1.52. The van der Waals surface area contributed by atoms with Crippen LogP contribution in [0.4, 0.5) is 11.4 Å². The van der Waals surface area contributed by atoms with Crippen molar-refractivity contribution in [3.63, 3.8) is 0 Å². The van der Waals surface area contributed by atoms with Crippen molar-refractivity contribution in [2.75, 3.05) is 31.5 Å². The third kappa shape index (κ3) is 5.17. The number of thiophene rings is 1. The summed E-state index contributed by atoms with van der Waals surface area (Å²) in [5.74, 6) is 0.364. The number of anilines is 2. The molecule has 2 atom stereocenters. The van der Waals surface area contributed by atoms with E-state index in [0.717, 1.165) is 16.9 Å². The Morgan fingerprint density at radius 1 is 0.860 bits per heavy atom. The molecule has 0 radical (unpaired) electrons. The molecule has 2 heterocycles. The number of ketones is 1. The van der Waals surface area contributed by atoms with E-state index < -0.39 is 12.0 Å². The van der Waals surface area contributed by atoms with Gasteiger partial charge < -0.3 is 19.5 Å². The molecule has 0 saturated heterocycles. The number of amides is 1. The second-order valence-corrected chi connectivity index (χ2v) is 11.3. The van der Waals surface area contributed by atoms with Gasteiger partial charge in [-0.15, -0.1) is 11.3 Å². The van der Waals surface area contributed by atoms with Gasteiger partial charge in [0, 0.05) is 17.7 Å². The average Bonchev–Trinajstić information content (AvgIpc) is 3.54. The molecule has 2 aliphatic rings. The number of fused-ring (bicyclic) bond motifs is 1. The molecule has 0 saturated carbocycles. The highest BCUT2D eigenvalue weighted by molar-refractivity contribution is 7.12. The van der Waals surface area contributed by atoms with E-state index >= 15 is 0 Å². The first-order valence-electron chi connectivity index (χ1n) is 13.8. The summed E-state index contributed by atoms with van der Waals surface area (Å²) >= 11 is 1.35. The quantitative estimate of drug-likeness (QED) is 0.246. The molecule has 0 fully saturated rings. The van der Waals surface area contributed by atoms with Crippen LogP contribution in [0, 0.1) is 0 Å². The lowest BCUT2D eigenvalue weighted by Gasteiger charge is -2.35. The number of nitrogens with zero attached hydrogens (tertiary/aromatic N) is 1. The fraction of sp³-hybridized carbons (Fsp3) is 0.206. The number of hydrogen-bond donors (Lipinski definition) is 1. The van der Waals surface area contributed by atoms with Gasteiger partial charge in [-0.2, -0.15) is 0 Å².